The van der Waals surface area contributed by atoms with Gasteiger partial charge in [0.05, 0.1) is 36.5 Å². The molecule has 0 radical (unpaired) electrons. The Kier molecular flexibility index (Phi) is 4.59. The van der Waals surface area contributed by atoms with Crippen molar-refractivity contribution in [1.82, 2.24) is 24.4 Å². The molecule has 4 aromatic rings. The summed E-state index contributed by atoms with van der Waals surface area (Å²) < 4.78 is 8.97. The van der Waals surface area contributed by atoms with Gasteiger partial charge >= 0.3 is 0 Å². The Labute approximate surface area is 172 Å². The van der Waals surface area contributed by atoms with Gasteiger partial charge in [-0.1, -0.05) is 0 Å². The zero-order chi connectivity index (χ0) is 20.7. The quantitative estimate of drug-likeness (QED) is 0.540. The van der Waals surface area contributed by atoms with Crippen LogP contribution in [-0.4, -0.2) is 48.6 Å². The number of nitrogens with zero attached hydrogens (tertiary/aromatic N) is 5. The summed E-state index contributed by atoms with van der Waals surface area (Å²) >= 11 is 0. The van der Waals surface area contributed by atoms with E-state index in [0.717, 1.165) is 30.2 Å². The van der Waals surface area contributed by atoms with Crippen LogP contribution < -0.4 is 10.1 Å². The minimum atomic E-state index is -0.310. The normalized spacial score (nSPS) is 19.3. The van der Waals surface area contributed by atoms with E-state index in [2.05, 4.69) is 20.5 Å². The largest absolute Gasteiger partial charge is 0.496 e. The lowest BCUT2D eigenvalue weighted by Crippen LogP contribution is -2.22. The summed E-state index contributed by atoms with van der Waals surface area (Å²) in [5.41, 5.74) is 2.24. The van der Waals surface area contributed by atoms with Gasteiger partial charge < -0.3 is 15.2 Å². The van der Waals surface area contributed by atoms with Crippen LogP contribution in [0.15, 0.2) is 43.0 Å². The second-order valence-electron chi connectivity index (χ2n) is 7.59. The van der Waals surface area contributed by atoms with Gasteiger partial charge in [-0.25, -0.2) is 9.50 Å². The summed E-state index contributed by atoms with van der Waals surface area (Å²) in [5.74, 6) is 0.133. The third kappa shape index (κ3) is 3.26. The van der Waals surface area contributed by atoms with Crippen LogP contribution in [0.2, 0.25) is 0 Å². The van der Waals surface area contributed by atoms with Gasteiger partial charge in [-0.05, 0) is 37.8 Å². The number of methoxy groups -OCH3 is 1. The first-order chi connectivity index (χ1) is 14.6. The van der Waals surface area contributed by atoms with E-state index in [1.165, 1.54) is 7.11 Å². The van der Waals surface area contributed by atoms with E-state index in [9.17, 15) is 9.90 Å². The Morgan fingerprint density at radius 1 is 1.33 bits per heavy atom. The van der Waals surface area contributed by atoms with Crippen molar-refractivity contribution < 1.29 is 14.6 Å². The van der Waals surface area contributed by atoms with Crippen molar-refractivity contribution in [1.29, 1.82) is 0 Å². The second kappa shape index (κ2) is 7.42. The average Bonchev–Trinajstić information content (AvgIpc) is 3.36. The first kappa shape index (κ1) is 18.6. The topological polar surface area (TPSA) is 107 Å². The van der Waals surface area contributed by atoms with Gasteiger partial charge in [0, 0.05) is 30.0 Å². The number of rotatable bonds is 4. The molecule has 0 unspecified atom stereocenters. The predicted octanol–water partition coefficient (Wildman–Crippen LogP) is 2.82. The smallest absolute Gasteiger partial charge is 0.259 e. The Morgan fingerprint density at radius 3 is 3.07 bits per heavy atom. The second-order valence-corrected chi connectivity index (χ2v) is 7.59. The molecule has 3 heterocycles. The van der Waals surface area contributed by atoms with Crippen LogP contribution in [0.3, 0.4) is 0 Å². The molecule has 0 bridgehead atoms. The highest BCUT2D eigenvalue weighted by Crippen LogP contribution is 2.31. The fraction of sp³-hybridized carbons (Fsp3) is 0.333. The zero-order valence-corrected chi connectivity index (χ0v) is 16.5. The molecular weight excluding hydrogens is 384 g/mol. The van der Waals surface area contributed by atoms with E-state index in [-0.39, 0.29) is 18.1 Å². The van der Waals surface area contributed by atoms with Crippen molar-refractivity contribution in [2.75, 3.05) is 12.4 Å². The third-order valence-corrected chi connectivity index (χ3v) is 5.61. The summed E-state index contributed by atoms with van der Waals surface area (Å²) in [6.45, 7) is 0. The number of amides is 1. The van der Waals surface area contributed by atoms with E-state index < -0.39 is 0 Å². The van der Waals surface area contributed by atoms with Crippen molar-refractivity contribution in [2.24, 2.45) is 0 Å². The molecule has 154 valence electrons. The summed E-state index contributed by atoms with van der Waals surface area (Å²) in [5, 5.41) is 22.6. The van der Waals surface area contributed by atoms with Gasteiger partial charge in [-0.3, -0.25) is 9.48 Å². The lowest BCUT2D eigenvalue weighted by Gasteiger charge is -2.25. The number of benzene rings is 1. The third-order valence-electron chi connectivity index (χ3n) is 5.61. The molecule has 1 aliphatic carbocycles. The molecule has 0 spiro atoms. The maximum atomic E-state index is 13.0. The van der Waals surface area contributed by atoms with Gasteiger partial charge in [-0.15, -0.1) is 0 Å². The van der Waals surface area contributed by atoms with Gasteiger partial charge in [0.2, 0.25) is 0 Å². The van der Waals surface area contributed by atoms with E-state index >= 15 is 0 Å². The number of nitrogens with one attached hydrogen (secondary N) is 1. The summed E-state index contributed by atoms with van der Waals surface area (Å²) in [7, 11) is 1.53. The fourth-order valence-electron chi connectivity index (χ4n) is 4.09. The van der Waals surface area contributed by atoms with Crippen LogP contribution in [0.25, 0.3) is 16.6 Å². The fourth-order valence-corrected chi connectivity index (χ4v) is 4.09. The van der Waals surface area contributed by atoms with Crippen LogP contribution in [0, 0.1) is 0 Å². The van der Waals surface area contributed by atoms with E-state index in [1.807, 2.05) is 10.9 Å². The van der Waals surface area contributed by atoms with Crippen LogP contribution in [0.4, 0.5) is 5.69 Å². The van der Waals surface area contributed by atoms with E-state index in [1.54, 1.807) is 41.3 Å². The first-order valence-electron chi connectivity index (χ1n) is 9.97. The number of fused-ring (bicyclic) bond motifs is 2. The van der Waals surface area contributed by atoms with Gasteiger partial charge in [0.15, 0.2) is 5.65 Å². The number of hydrogen-bond acceptors (Lipinski definition) is 6. The summed E-state index contributed by atoms with van der Waals surface area (Å²) in [6.07, 6.45) is 10.1. The minimum Gasteiger partial charge on any atom is -0.496 e. The SMILES string of the molecule is COc1cc2nn([C@H]3CCC[C@H](O)C3)cc2cc1C(=O)Nc1cnn2cccnc12. The molecule has 9 heteroatoms. The highest BCUT2D eigenvalue weighted by Gasteiger charge is 2.23. The summed E-state index contributed by atoms with van der Waals surface area (Å²) in [6, 6.07) is 5.49. The molecule has 9 nitrogen and oxygen atoms in total. The van der Waals surface area contributed by atoms with Crippen LogP contribution in [0.1, 0.15) is 42.1 Å². The predicted molar refractivity (Wildman–Crippen MR) is 111 cm³/mol. The molecule has 1 aromatic carbocycles. The molecule has 1 amide bonds. The number of aliphatic hydroxyl groups excluding tert-OH is 1. The number of aromatic nitrogens is 5. The molecule has 3 aromatic heterocycles. The molecule has 2 N–H and O–H groups in total. The number of carbonyl (C=O) groups excluding carboxylic acids is 1. The standard InChI is InChI=1S/C21H22N6O3/c1-30-19-10-17-13(12-27(25-17)14-4-2-5-15(28)9-14)8-16(19)21(29)24-18-11-23-26-7-3-6-22-20(18)26/h3,6-8,10-12,14-15,28H,2,4-5,9H2,1H3,(H,24,29)/t14-,15-/m0/s1. The maximum absolute atomic E-state index is 13.0. The molecule has 1 saturated carbocycles. The number of carbonyl (C=O) groups is 1. The molecule has 30 heavy (non-hydrogen) atoms. The van der Waals surface area contributed by atoms with Gasteiger partial charge in [0.25, 0.3) is 5.91 Å². The van der Waals surface area contributed by atoms with Crippen molar-refractivity contribution in [3.63, 3.8) is 0 Å². The average molecular weight is 406 g/mol. The molecule has 1 fully saturated rings. The van der Waals surface area contributed by atoms with Crippen molar-refractivity contribution in [3.05, 3.63) is 48.5 Å². The van der Waals surface area contributed by atoms with Crippen LogP contribution >= 0.6 is 0 Å². The Bertz CT molecular complexity index is 1230. The lowest BCUT2D eigenvalue weighted by molar-refractivity contribution is 0.100. The Morgan fingerprint density at radius 2 is 2.23 bits per heavy atom. The number of aliphatic hydroxyl groups is 1. The maximum Gasteiger partial charge on any atom is 0.259 e. The lowest BCUT2D eigenvalue weighted by atomic mass is 9.93. The van der Waals surface area contributed by atoms with Crippen LogP contribution in [0.5, 0.6) is 5.75 Å². The summed E-state index contributed by atoms with van der Waals surface area (Å²) in [4.78, 5) is 17.3. The first-order valence-corrected chi connectivity index (χ1v) is 9.97. The Hall–Kier alpha value is -3.46. The van der Waals surface area contributed by atoms with Crippen molar-refractivity contribution in [3.8, 4) is 5.75 Å². The minimum absolute atomic E-state index is 0.161. The number of ether oxygens (including phenoxy) is 1. The molecular formula is C21H22N6O3. The molecule has 0 saturated heterocycles. The van der Waals surface area contributed by atoms with Crippen LogP contribution in [-0.2, 0) is 0 Å². The monoisotopic (exact) mass is 406 g/mol. The van der Waals surface area contributed by atoms with Gasteiger partial charge in [-0.2, -0.15) is 10.2 Å². The Balaban J connectivity index is 1.47. The highest BCUT2D eigenvalue weighted by atomic mass is 16.5. The molecule has 2 atom stereocenters. The van der Waals surface area contributed by atoms with Crippen molar-refractivity contribution >= 4 is 28.1 Å². The number of anilines is 1. The van der Waals surface area contributed by atoms with E-state index in [4.69, 9.17) is 4.74 Å². The molecule has 0 aliphatic heterocycles. The van der Waals surface area contributed by atoms with Crippen molar-refractivity contribution in [2.45, 2.75) is 37.8 Å². The van der Waals surface area contributed by atoms with E-state index in [0.29, 0.717) is 29.1 Å². The molecule has 5 rings (SSSR count). The molecule has 1 aliphatic rings. The van der Waals surface area contributed by atoms with Gasteiger partial charge in [0.1, 0.15) is 11.4 Å². The zero-order valence-electron chi connectivity index (χ0n) is 16.5. The highest BCUT2D eigenvalue weighted by molar-refractivity contribution is 6.09. The number of hydrogen-bond donors (Lipinski definition) is 2.